The van der Waals surface area contributed by atoms with Crippen molar-refractivity contribution in [2.45, 2.75) is 51.9 Å². The Hall–Kier alpha value is -3.39. The van der Waals surface area contributed by atoms with E-state index in [4.69, 9.17) is 21.1 Å². The Labute approximate surface area is 214 Å². The highest BCUT2D eigenvalue weighted by atomic mass is 35.5. The second kappa shape index (κ2) is 10.3. The monoisotopic (exact) mass is 513 g/mol. The maximum absolute atomic E-state index is 13.5. The third-order valence-corrected chi connectivity index (χ3v) is 6.13. The summed E-state index contributed by atoms with van der Waals surface area (Å²) in [6, 6.07) is 11.3. The van der Waals surface area contributed by atoms with Crippen LogP contribution in [0.15, 0.2) is 48.7 Å². The highest BCUT2D eigenvalue weighted by molar-refractivity contribution is 6.33. The third kappa shape index (κ3) is 6.05. The number of hydrogen-bond acceptors (Lipinski definition) is 5. The molecule has 190 valence electrons. The number of carbonyl (C=O) groups excluding carboxylic acids is 2. The van der Waals surface area contributed by atoms with E-state index in [-0.39, 0.29) is 11.9 Å². The molecule has 2 heterocycles. The Morgan fingerprint density at radius 3 is 2.67 bits per heavy atom. The van der Waals surface area contributed by atoms with Gasteiger partial charge in [0.05, 0.1) is 16.6 Å². The minimum absolute atomic E-state index is 0.164. The molecule has 0 spiro atoms. The first kappa shape index (κ1) is 25.7. The van der Waals surface area contributed by atoms with Gasteiger partial charge in [-0.25, -0.2) is 9.18 Å². The standard InChI is InChI=1S/C27H29ClFN3O4/c1-16(25(33)32-12-10-18(15-32)31-26(34)36-27(2,3)4)35-19-6-8-22-20(9-11-30-24(22)14-19)21-7-5-17(29)13-23(21)28/h5-9,11,13-14,16,18H,10,12,15H2,1-4H3,(H,31,34)/t16?,18-/m1/s1. The quantitative estimate of drug-likeness (QED) is 0.481. The molecule has 1 fully saturated rings. The average molecular weight is 514 g/mol. The van der Waals surface area contributed by atoms with Gasteiger partial charge in [0.15, 0.2) is 6.10 Å². The van der Waals surface area contributed by atoms with Crippen molar-refractivity contribution in [3.8, 4) is 16.9 Å². The average Bonchev–Trinajstić information content (AvgIpc) is 3.25. The molecule has 0 radical (unpaired) electrons. The fourth-order valence-electron chi connectivity index (χ4n) is 4.21. The fraction of sp³-hybridized carbons (Fsp3) is 0.370. The van der Waals surface area contributed by atoms with Crippen molar-refractivity contribution in [2.75, 3.05) is 13.1 Å². The number of rotatable bonds is 5. The Balaban J connectivity index is 1.42. The number of ether oxygens (including phenoxy) is 2. The maximum atomic E-state index is 13.5. The van der Waals surface area contributed by atoms with E-state index >= 15 is 0 Å². The van der Waals surface area contributed by atoms with Gasteiger partial charge in [0.2, 0.25) is 0 Å². The first-order chi connectivity index (χ1) is 17.0. The van der Waals surface area contributed by atoms with Crippen LogP contribution in [0.2, 0.25) is 5.02 Å². The van der Waals surface area contributed by atoms with Gasteiger partial charge in [-0.2, -0.15) is 0 Å². The number of benzene rings is 2. The number of likely N-dealkylation sites (tertiary alicyclic amines) is 1. The Morgan fingerprint density at radius 2 is 1.94 bits per heavy atom. The summed E-state index contributed by atoms with van der Waals surface area (Å²) in [5.41, 5.74) is 1.60. The van der Waals surface area contributed by atoms with E-state index in [0.29, 0.717) is 41.4 Å². The molecule has 0 saturated carbocycles. The predicted molar refractivity (Wildman–Crippen MR) is 137 cm³/mol. The minimum Gasteiger partial charge on any atom is -0.481 e. The Morgan fingerprint density at radius 1 is 1.17 bits per heavy atom. The molecule has 7 nitrogen and oxygen atoms in total. The van der Waals surface area contributed by atoms with Crippen LogP contribution in [-0.2, 0) is 9.53 Å². The van der Waals surface area contributed by atoms with Gasteiger partial charge in [-0.3, -0.25) is 9.78 Å². The van der Waals surface area contributed by atoms with E-state index < -0.39 is 23.6 Å². The van der Waals surface area contributed by atoms with Gasteiger partial charge in [0.1, 0.15) is 17.2 Å². The molecular formula is C27H29ClFN3O4. The zero-order chi connectivity index (χ0) is 26.0. The number of nitrogens with one attached hydrogen (secondary N) is 1. The molecule has 4 rings (SSSR count). The van der Waals surface area contributed by atoms with Gasteiger partial charge < -0.3 is 19.7 Å². The van der Waals surface area contributed by atoms with E-state index in [2.05, 4.69) is 10.3 Å². The molecule has 1 aliphatic heterocycles. The zero-order valence-electron chi connectivity index (χ0n) is 20.7. The second-order valence-electron chi connectivity index (χ2n) is 9.84. The molecule has 2 amide bonds. The summed E-state index contributed by atoms with van der Waals surface area (Å²) < 4.78 is 24.7. The van der Waals surface area contributed by atoms with Crippen molar-refractivity contribution in [3.05, 3.63) is 59.5 Å². The van der Waals surface area contributed by atoms with Crippen LogP contribution in [0.1, 0.15) is 34.1 Å². The minimum atomic E-state index is -0.725. The lowest BCUT2D eigenvalue weighted by Gasteiger charge is -2.23. The topological polar surface area (TPSA) is 80.8 Å². The van der Waals surface area contributed by atoms with E-state index in [0.717, 1.165) is 10.9 Å². The molecule has 2 aromatic carbocycles. The van der Waals surface area contributed by atoms with Crippen molar-refractivity contribution in [3.63, 3.8) is 0 Å². The number of aromatic nitrogens is 1. The molecule has 2 atom stereocenters. The van der Waals surface area contributed by atoms with Gasteiger partial charge in [0.25, 0.3) is 5.91 Å². The van der Waals surface area contributed by atoms with E-state index in [1.54, 1.807) is 57.0 Å². The largest absolute Gasteiger partial charge is 0.481 e. The lowest BCUT2D eigenvalue weighted by molar-refractivity contribution is -0.136. The summed E-state index contributed by atoms with van der Waals surface area (Å²) in [6.45, 7) is 8.02. The van der Waals surface area contributed by atoms with Gasteiger partial charge in [-0.05, 0) is 76.1 Å². The van der Waals surface area contributed by atoms with Crippen molar-refractivity contribution in [1.29, 1.82) is 0 Å². The highest BCUT2D eigenvalue weighted by Crippen LogP contribution is 2.34. The normalized spacial score (nSPS) is 16.6. The lowest BCUT2D eigenvalue weighted by atomic mass is 10.0. The van der Waals surface area contributed by atoms with Crippen LogP contribution in [0.25, 0.3) is 22.0 Å². The molecule has 1 unspecified atom stereocenters. The van der Waals surface area contributed by atoms with E-state index in [1.165, 1.54) is 12.1 Å². The SMILES string of the molecule is CC(Oc1ccc2c(-c3ccc(F)cc3Cl)ccnc2c1)C(=O)N1CC[C@@H](NC(=O)OC(C)(C)C)C1. The smallest absolute Gasteiger partial charge is 0.407 e. The number of nitrogens with zero attached hydrogens (tertiary/aromatic N) is 2. The molecule has 36 heavy (non-hydrogen) atoms. The molecule has 1 saturated heterocycles. The van der Waals surface area contributed by atoms with Crippen LogP contribution in [0, 0.1) is 5.82 Å². The Kier molecular flexibility index (Phi) is 7.36. The number of carbonyl (C=O) groups is 2. The van der Waals surface area contributed by atoms with Gasteiger partial charge in [-0.15, -0.1) is 0 Å². The fourth-order valence-corrected chi connectivity index (χ4v) is 4.48. The van der Waals surface area contributed by atoms with Crippen molar-refractivity contribution >= 4 is 34.5 Å². The van der Waals surface area contributed by atoms with Crippen LogP contribution in [-0.4, -0.2) is 52.7 Å². The molecule has 0 bridgehead atoms. The van der Waals surface area contributed by atoms with Gasteiger partial charge >= 0.3 is 6.09 Å². The van der Waals surface area contributed by atoms with Crippen molar-refractivity contribution < 1.29 is 23.5 Å². The number of alkyl carbamates (subject to hydrolysis) is 1. The van der Waals surface area contributed by atoms with Crippen molar-refractivity contribution in [1.82, 2.24) is 15.2 Å². The summed E-state index contributed by atoms with van der Waals surface area (Å²) in [6.07, 6.45) is 1.08. The number of amides is 2. The summed E-state index contributed by atoms with van der Waals surface area (Å²) in [4.78, 5) is 31.1. The van der Waals surface area contributed by atoms with E-state index in [1.807, 2.05) is 12.1 Å². The number of hydrogen-bond donors (Lipinski definition) is 1. The van der Waals surface area contributed by atoms with Crippen LogP contribution < -0.4 is 10.1 Å². The summed E-state index contributed by atoms with van der Waals surface area (Å²) in [7, 11) is 0. The summed E-state index contributed by atoms with van der Waals surface area (Å²) >= 11 is 6.27. The van der Waals surface area contributed by atoms with Crippen LogP contribution in [0.3, 0.4) is 0 Å². The van der Waals surface area contributed by atoms with Gasteiger partial charge in [0, 0.05) is 36.3 Å². The summed E-state index contributed by atoms with van der Waals surface area (Å²) in [5, 5.41) is 3.96. The molecule has 1 N–H and O–H groups in total. The first-order valence-electron chi connectivity index (χ1n) is 11.8. The molecule has 3 aromatic rings. The number of halogens is 2. The van der Waals surface area contributed by atoms with E-state index in [9.17, 15) is 14.0 Å². The molecule has 1 aromatic heterocycles. The van der Waals surface area contributed by atoms with Crippen molar-refractivity contribution in [2.24, 2.45) is 0 Å². The van der Waals surface area contributed by atoms with Crippen LogP contribution in [0.4, 0.5) is 9.18 Å². The zero-order valence-corrected chi connectivity index (χ0v) is 21.4. The maximum Gasteiger partial charge on any atom is 0.407 e. The third-order valence-electron chi connectivity index (χ3n) is 5.82. The molecular weight excluding hydrogens is 485 g/mol. The predicted octanol–water partition coefficient (Wildman–Crippen LogP) is 5.59. The molecule has 1 aliphatic rings. The van der Waals surface area contributed by atoms with Crippen LogP contribution >= 0.6 is 11.6 Å². The number of fused-ring (bicyclic) bond motifs is 1. The highest BCUT2D eigenvalue weighted by Gasteiger charge is 2.31. The van der Waals surface area contributed by atoms with Crippen LogP contribution in [0.5, 0.6) is 5.75 Å². The molecule has 0 aliphatic carbocycles. The summed E-state index contributed by atoms with van der Waals surface area (Å²) in [5.74, 6) is -0.0642. The number of pyridine rings is 1. The lowest BCUT2D eigenvalue weighted by Crippen LogP contribution is -2.43. The van der Waals surface area contributed by atoms with Gasteiger partial charge in [-0.1, -0.05) is 11.6 Å². The molecule has 9 heteroatoms. The Bertz CT molecular complexity index is 1290. The second-order valence-corrected chi connectivity index (χ2v) is 10.2. The first-order valence-corrected chi connectivity index (χ1v) is 12.2.